The Kier molecular flexibility index (Phi) is 7.37. The summed E-state index contributed by atoms with van der Waals surface area (Å²) in [6, 6.07) is 8.12. The summed E-state index contributed by atoms with van der Waals surface area (Å²) in [5.74, 6) is 0.208. The second kappa shape index (κ2) is 9.34. The number of carbonyl (C=O) groups is 1. The summed E-state index contributed by atoms with van der Waals surface area (Å²) in [6.45, 7) is 10.5. The fourth-order valence-electron chi connectivity index (χ4n) is 3.02. The van der Waals surface area contributed by atoms with Crippen molar-refractivity contribution in [2.45, 2.75) is 52.0 Å². The quantitative estimate of drug-likeness (QED) is 0.669. The van der Waals surface area contributed by atoms with Gasteiger partial charge in [0.25, 0.3) is 5.91 Å². The fourth-order valence-corrected chi connectivity index (χ4v) is 4.48. The highest BCUT2D eigenvalue weighted by molar-refractivity contribution is 7.89. The van der Waals surface area contributed by atoms with Gasteiger partial charge in [0.1, 0.15) is 5.69 Å². The van der Waals surface area contributed by atoms with Gasteiger partial charge in [-0.1, -0.05) is 39.8 Å². The molecule has 1 aromatic carbocycles. The van der Waals surface area contributed by atoms with Crippen LogP contribution in [0.25, 0.3) is 0 Å². The normalized spacial score (nSPS) is 13.1. The van der Waals surface area contributed by atoms with Crippen molar-refractivity contribution in [3.8, 4) is 0 Å². The number of aromatic nitrogens is 2. The molecule has 0 aliphatic heterocycles. The average molecular weight is 407 g/mol. The van der Waals surface area contributed by atoms with E-state index in [2.05, 4.69) is 29.4 Å². The third-order valence-electron chi connectivity index (χ3n) is 4.56. The molecule has 1 heterocycles. The van der Waals surface area contributed by atoms with Crippen LogP contribution in [0, 0.1) is 5.92 Å². The number of aromatic amines is 1. The molecule has 7 nitrogen and oxygen atoms in total. The van der Waals surface area contributed by atoms with Gasteiger partial charge >= 0.3 is 0 Å². The van der Waals surface area contributed by atoms with Crippen LogP contribution in [0.2, 0.25) is 0 Å². The first-order chi connectivity index (χ1) is 13.2. The summed E-state index contributed by atoms with van der Waals surface area (Å²) >= 11 is 0. The topological polar surface area (TPSA) is 95.2 Å². The zero-order valence-corrected chi connectivity index (χ0v) is 18.0. The van der Waals surface area contributed by atoms with Gasteiger partial charge in [0.2, 0.25) is 10.0 Å². The molecule has 2 N–H and O–H groups in total. The van der Waals surface area contributed by atoms with Crippen molar-refractivity contribution in [2.75, 3.05) is 13.1 Å². The molecule has 0 bridgehead atoms. The van der Waals surface area contributed by atoms with Crippen LogP contribution in [0.1, 0.15) is 62.4 Å². The minimum Gasteiger partial charge on any atom is -0.344 e. The molecule has 0 aliphatic rings. The van der Waals surface area contributed by atoms with Gasteiger partial charge in [-0.05, 0) is 43.0 Å². The Balaban J connectivity index is 2.07. The molecule has 0 spiro atoms. The van der Waals surface area contributed by atoms with E-state index >= 15 is 0 Å². The first kappa shape index (κ1) is 22.1. The molecular weight excluding hydrogens is 376 g/mol. The smallest absolute Gasteiger partial charge is 0.272 e. The van der Waals surface area contributed by atoms with E-state index in [1.807, 2.05) is 20.8 Å². The summed E-state index contributed by atoms with van der Waals surface area (Å²) in [7, 11) is -3.49. The van der Waals surface area contributed by atoms with Crippen LogP contribution in [0.5, 0.6) is 0 Å². The number of amides is 1. The lowest BCUT2D eigenvalue weighted by atomic mass is 10.1. The van der Waals surface area contributed by atoms with Crippen LogP contribution in [0.3, 0.4) is 0 Å². The minimum absolute atomic E-state index is 0.254. The molecule has 2 rings (SSSR count). The predicted molar refractivity (Wildman–Crippen MR) is 110 cm³/mol. The van der Waals surface area contributed by atoms with Crippen LogP contribution in [0.15, 0.2) is 35.2 Å². The number of nitrogens with one attached hydrogen (secondary N) is 2. The van der Waals surface area contributed by atoms with E-state index in [0.29, 0.717) is 24.7 Å². The van der Waals surface area contributed by atoms with E-state index < -0.39 is 10.0 Å². The maximum absolute atomic E-state index is 12.6. The number of sulfonamides is 1. The Morgan fingerprint density at radius 3 is 2.29 bits per heavy atom. The van der Waals surface area contributed by atoms with E-state index in [9.17, 15) is 13.2 Å². The molecule has 0 saturated heterocycles. The van der Waals surface area contributed by atoms with Crippen molar-refractivity contribution in [1.82, 2.24) is 19.8 Å². The molecule has 1 atom stereocenters. The van der Waals surface area contributed by atoms with Crippen LogP contribution in [0.4, 0.5) is 0 Å². The number of benzene rings is 1. The van der Waals surface area contributed by atoms with Crippen molar-refractivity contribution in [3.63, 3.8) is 0 Å². The number of carbonyl (C=O) groups excluding carboxylic acids is 1. The Morgan fingerprint density at radius 2 is 1.75 bits per heavy atom. The highest BCUT2D eigenvalue weighted by Crippen LogP contribution is 2.20. The van der Waals surface area contributed by atoms with Crippen molar-refractivity contribution in [3.05, 3.63) is 47.3 Å². The average Bonchev–Trinajstić information content (AvgIpc) is 3.10. The van der Waals surface area contributed by atoms with Crippen molar-refractivity contribution >= 4 is 15.9 Å². The zero-order valence-electron chi connectivity index (χ0n) is 17.2. The summed E-state index contributed by atoms with van der Waals surface area (Å²) in [5, 5.41) is 9.87. The van der Waals surface area contributed by atoms with Gasteiger partial charge in [-0.25, -0.2) is 8.42 Å². The van der Waals surface area contributed by atoms with Gasteiger partial charge in [0.05, 0.1) is 10.9 Å². The number of hydrogen-bond donors (Lipinski definition) is 2. The molecule has 0 fully saturated rings. The van der Waals surface area contributed by atoms with E-state index in [4.69, 9.17) is 0 Å². The van der Waals surface area contributed by atoms with E-state index in [1.165, 1.54) is 4.31 Å². The lowest BCUT2D eigenvalue weighted by Crippen LogP contribution is -2.30. The highest BCUT2D eigenvalue weighted by Gasteiger charge is 2.22. The molecule has 8 heteroatoms. The Morgan fingerprint density at radius 1 is 1.14 bits per heavy atom. The summed E-state index contributed by atoms with van der Waals surface area (Å²) < 4.78 is 26.5. The molecule has 0 aliphatic carbocycles. The van der Waals surface area contributed by atoms with Gasteiger partial charge in [-0.2, -0.15) is 9.40 Å². The molecule has 0 saturated carbocycles. The molecule has 2 aromatic rings. The monoisotopic (exact) mass is 406 g/mol. The van der Waals surface area contributed by atoms with Gasteiger partial charge in [0, 0.05) is 18.8 Å². The van der Waals surface area contributed by atoms with E-state index in [1.54, 1.807) is 30.3 Å². The molecule has 1 amide bonds. The van der Waals surface area contributed by atoms with Gasteiger partial charge in [-0.15, -0.1) is 0 Å². The Hall–Kier alpha value is -2.19. The Bertz CT molecular complexity index is 884. The second-order valence-corrected chi connectivity index (χ2v) is 9.17. The number of H-pyrrole nitrogens is 1. The SMILES string of the molecule is CCN(CC)S(=O)(=O)c1ccc(C(C)NC(=O)c2cc(CC(C)C)[nH]n2)cc1. The van der Waals surface area contributed by atoms with Crippen LogP contribution in [-0.2, 0) is 16.4 Å². The van der Waals surface area contributed by atoms with Crippen molar-refractivity contribution < 1.29 is 13.2 Å². The summed E-state index contributed by atoms with van der Waals surface area (Å²) in [5.41, 5.74) is 2.10. The molecule has 1 aromatic heterocycles. The van der Waals surface area contributed by atoms with Crippen LogP contribution < -0.4 is 5.32 Å². The third-order valence-corrected chi connectivity index (χ3v) is 6.63. The van der Waals surface area contributed by atoms with Crippen LogP contribution >= 0.6 is 0 Å². The van der Waals surface area contributed by atoms with Gasteiger partial charge in [0.15, 0.2) is 0 Å². The molecular formula is C20H30N4O3S. The lowest BCUT2D eigenvalue weighted by Gasteiger charge is -2.19. The number of hydrogen-bond acceptors (Lipinski definition) is 4. The first-order valence-corrected chi connectivity index (χ1v) is 11.1. The predicted octanol–water partition coefficient (Wildman–Crippen LogP) is 3.13. The van der Waals surface area contributed by atoms with Crippen molar-refractivity contribution in [1.29, 1.82) is 0 Å². The molecule has 154 valence electrons. The van der Waals surface area contributed by atoms with Gasteiger partial charge < -0.3 is 5.32 Å². The first-order valence-electron chi connectivity index (χ1n) is 9.64. The largest absolute Gasteiger partial charge is 0.344 e. The number of nitrogens with zero attached hydrogens (tertiary/aromatic N) is 2. The van der Waals surface area contributed by atoms with Crippen LogP contribution in [-0.4, -0.2) is 41.9 Å². The fraction of sp³-hybridized carbons (Fsp3) is 0.500. The summed E-state index contributed by atoms with van der Waals surface area (Å²) in [4.78, 5) is 12.7. The second-order valence-electron chi connectivity index (χ2n) is 7.23. The standard InChI is InChI=1S/C20H30N4O3S/c1-6-24(7-2)28(26,27)18-10-8-16(9-11-18)15(5)21-20(25)19-13-17(22-23-19)12-14(3)4/h8-11,13-15H,6-7,12H2,1-5H3,(H,21,25)(H,22,23). The van der Waals surface area contributed by atoms with E-state index in [-0.39, 0.29) is 16.8 Å². The maximum Gasteiger partial charge on any atom is 0.272 e. The van der Waals surface area contributed by atoms with Crippen molar-refractivity contribution in [2.24, 2.45) is 5.92 Å². The van der Waals surface area contributed by atoms with E-state index in [0.717, 1.165) is 17.7 Å². The highest BCUT2D eigenvalue weighted by atomic mass is 32.2. The molecule has 1 unspecified atom stereocenters. The Labute approximate surface area is 167 Å². The minimum atomic E-state index is -3.49. The lowest BCUT2D eigenvalue weighted by molar-refractivity contribution is 0.0934. The summed E-state index contributed by atoms with van der Waals surface area (Å²) in [6.07, 6.45) is 0.832. The third kappa shape index (κ3) is 5.20. The zero-order chi connectivity index (χ0) is 20.9. The molecule has 28 heavy (non-hydrogen) atoms. The van der Waals surface area contributed by atoms with Gasteiger partial charge in [-0.3, -0.25) is 9.89 Å². The number of rotatable bonds is 9. The maximum atomic E-state index is 12.6. The molecule has 0 radical (unpaired) electrons.